The van der Waals surface area contributed by atoms with E-state index in [1.54, 1.807) is 25.4 Å². The highest BCUT2D eigenvalue weighted by molar-refractivity contribution is 6.39. The summed E-state index contributed by atoms with van der Waals surface area (Å²) in [5.41, 5.74) is 0.364. The maximum Gasteiger partial charge on any atom is 0.313 e. The van der Waals surface area contributed by atoms with Crippen LogP contribution in [0.4, 0.5) is 5.69 Å². The zero-order valence-electron chi connectivity index (χ0n) is 13.4. The molecule has 2 rings (SSSR count). The van der Waals surface area contributed by atoms with Gasteiger partial charge in [-0.1, -0.05) is 0 Å². The second-order valence-electron chi connectivity index (χ2n) is 5.27. The number of carbonyl (C=O) groups is 2. The van der Waals surface area contributed by atoms with Crippen LogP contribution in [0.2, 0.25) is 0 Å². The largest absolute Gasteiger partial charge is 0.480 e. The summed E-state index contributed by atoms with van der Waals surface area (Å²) in [5.74, 6) is -1.12. The molecule has 126 valence electrons. The zero-order valence-corrected chi connectivity index (χ0v) is 13.4. The first-order valence-electron chi connectivity index (χ1n) is 7.46. The molecule has 0 radical (unpaired) electrons. The molecule has 1 aliphatic rings. The van der Waals surface area contributed by atoms with Crippen molar-refractivity contribution in [3.8, 4) is 5.88 Å². The number of amides is 2. The van der Waals surface area contributed by atoms with Crippen molar-refractivity contribution >= 4 is 17.5 Å². The molecule has 1 aromatic rings. The van der Waals surface area contributed by atoms with Crippen molar-refractivity contribution in [3.63, 3.8) is 0 Å². The van der Waals surface area contributed by atoms with E-state index in [2.05, 4.69) is 20.5 Å². The second-order valence-corrected chi connectivity index (χ2v) is 5.27. The van der Waals surface area contributed by atoms with Crippen LogP contribution in [0.3, 0.4) is 0 Å². The second kappa shape index (κ2) is 8.44. The summed E-state index contributed by atoms with van der Waals surface area (Å²) in [7, 11) is 3.11. The molecule has 2 N–H and O–H groups in total. The smallest absolute Gasteiger partial charge is 0.313 e. The maximum absolute atomic E-state index is 12.0. The Morgan fingerprint density at radius 2 is 2.22 bits per heavy atom. The third-order valence-electron chi connectivity index (χ3n) is 3.64. The van der Waals surface area contributed by atoms with Gasteiger partial charge in [0.2, 0.25) is 5.88 Å². The van der Waals surface area contributed by atoms with Crippen LogP contribution in [-0.2, 0) is 14.3 Å². The topological polar surface area (TPSA) is 92.8 Å². The third-order valence-corrected chi connectivity index (χ3v) is 3.64. The van der Waals surface area contributed by atoms with E-state index in [0.717, 1.165) is 26.1 Å². The molecular weight excluding hydrogens is 300 g/mol. The first kappa shape index (κ1) is 17.2. The SMILES string of the molecule is COCCN1CCC(NC(=O)C(=O)Nc2cccnc2OC)C1. The van der Waals surface area contributed by atoms with Gasteiger partial charge in [0, 0.05) is 39.0 Å². The van der Waals surface area contributed by atoms with Crippen molar-refractivity contribution < 1.29 is 19.1 Å². The van der Waals surface area contributed by atoms with Gasteiger partial charge in [-0.3, -0.25) is 14.5 Å². The monoisotopic (exact) mass is 322 g/mol. The van der Waals surface area contributed by atoms with E-state index in [1.807, 2.05) is 0 Å². The van der Waals surface area contributed by atoms with Gasteiger partial charge in [0.1, 0.15) is 5.69 Å². The highest BCUT2D eigenvalue weighted by Crippen LogP contribution is 2.19. The lowest BCUT2D eigenvalue weighted by molar-refractivity contribution is -0.136. The highest BCUT2D eigenvalue weighted by Gasteiger charge is 2.26. The van der Waals surface area contributed by atoms with E-state index >= 15 is 0 Å². The molecule has 0 bridgehead atoms. The first-order valence-corrected chi connectivity index (χ1v) is 7.46. The predicted octanol–water partition coefficient (Wildman–Crippen LogP) is -0.134. The van der Waals surface area contributed by atoms with Gasteiger partial charge in [0.15, 0.2) is 0 Å². The lowest BCUT2D eigenvalue weighted by atomic mass is 10.2. The van der Waals surface area contributed by atoms with Gasteiger partial charge in [0.05, 0.1) is 13.7 Å². The fraction of sp³-hybridized carbons (Fsp3) is 0.533. The van der Waals surface area contributed by atoms with Gasteiger partial charge in [0.25, 0.3) is 0 Å². The van der Waals surface area contributed by atoms with Gasteiger partial charge >= 0.3 is 11.8 Å². The van der Waals surface area contributed by atoms with Crippen molar-refractivity contribution in [2.24, 2.45) is 0 Å². The summed E-state index contributed by atoms with van der Waals surface area (Å²) in [4.78, 5) is 30.1. The van der Waals surface area contributed by atoms with Crippen LogP contribution in [-0.4, -0.2) is 68.2 Å². The summed E-state index contributed by atoms with van der Waals surface area (Å²) in [6.07, 6.45) is 2.36. The molecule has 1 aliphatic heterocycles. The molecule has 0 aliphatic carbocycles. The number of ether oxygens (including phenoxy) is 2. The number of anilines is 1. The van der Waals surface area contributed by atoms with E-state index in [4.69, 9.17) is 9.47 Å². The predicted molar refractivity (Wildman–Crippen MR) is 84.3 cm³/mol. The minimum Gasteiger partial charge on any atom is -0.480 e. The number of likely N-dealkylation sites (tertiary alicyclic amines) is 1. The zero-order chi connectivity index (χ0) is 16.7. The van der Waals surface area contributed by atoms with Crippen LogP contribution >= 0.6 is 0 Å². The van der Waals surface area contributed by atoms with Crippen molar-refractivity contribution in [1.82, 2.24) is 15.2 Å². The number of hydrogen-bond acceptors (Lipinski definition) is 6. The number of aromatic nitrogens is 1. The lowest BCUT2D eigenvalue weighted by Gasteiger charge is -2.16. The minimum absolute atomic E-state index is 0.0269. The van der Waals surface area contributed by atoms with Crippen LogP contribution in [0, 0.1) is 0 Å². The summed E-state index contributed by atoms with van der Waals surface area (Å²) >= 11 is 0. The molecule has 0 saturated carbocycles. The Kier molecular flexibility index (Phi) is 6.30. The highest BCUT2D eigenvalue weighted by atomic mass is 16.5. The number of nitrogens with zero attached hydrogens (tertiary/aromatic N) is 2. The van der Waals surface area contributed by atoms with E-state index < -0.39 is 11.8 Å². The average Bonchev–Trinajstić information content (AvgIpc) is 3.00. The standard InChI is InChI=1S/C15H22N4O4/c1-22-9-8-19-7-5-11(10-19)17-13(20)14(21)18-12-4-3-6-16-15(12)23-2/h3-4,6,11H,5,7-10H2,1-2H3,(H,17,20)(H,18,21). The Labute approximate surface area is 135 Å². The lowest BCUT2D eigenvalue weighted by Crippen LogP contribution is -2.43. The van der Waals surface area contributed by atoms with Gasteiger partial charge in [-0.05, 0) is 18.6 Å². The Balaban J connectivity index is 1.83. The normalized spacial score (nSPS) is 17.7. The molecule has 8 nitrogen and oxygen atoms in total. The number of methoxy groups -OCH3 is 2. The summed E-state index contributed by atoms with van der Waals surface area (Å²) in [5, 5.41) is 5.26. The molecule has 1 aromatic heterocycles. The van der Waals surface area contributed by atoms with Crippen LogP contribution < -0.4 is 15.4 Å². The van der Waals surface area contributed by atoms with E-state index in [1.165, 1.54) is 7.11 Å². The van der Waals surface area contributed by atoms with Crippen LogP contribution in [0.5, 0.6) is 5.88 Å². The van der Waals surface area contributed by atoms with Crippen LogP contribution in [0.25, 0.3) is 0 Å². The fourth-order valence-corrected chi connectivity index (χ4v) is 2.45. The Morgan fingerprint density at radius 3 is 2.96 bits per heavy atom. The summed E-state index contributed by atoms with van der Waals surface area (Å²) in [6, 6.07) is 3.25. The van der Waals surface area contributed by atoms with Crippen LogP contribution in [0.15, 0.2) is 18.3 Å². The molecule has 2 amide bonds. The molecule has 0 aromatic carbocycles. The number of hydrogen-bond donors (Lipinski definition) is 2. The fourth-order valence-electron chi connectivity index (χ4n) is 2.45. The molecule has 2 heterocycles. The minimum atomic E-state index is -0.730. The third kappa shape index (κ3) is 4.90. The average molecular weight is 322 g/mol. The van der Waals surface area contributed by atoms with Crippen molar-refractivity contribution in [2.45, 2.75) is 12.5 Å². The first-order chi connectivity index (χ1) is 11.1. The molecule has 1 atom stereocenters. The van der Waals surface area contributed by atoms with Crippen molar-refractivity contribution in [1.29, 1.82) is 0 Å². The molecule has 8 heteroatoms. The molecule has 1 unspecified atom stereocenters. The molecule has 0 spiro atoms. The molecule has 1 saturated heterocycles. The van der Waals surface area contributed by atoms with E-state index in [9.17, 15) is 9.59 Å². The van der Waals surface area contributed by atoms with E-state index in [-0.39, 0.29) is 11.9 Å². The molecular formula is C15H22N4O4. The van der Waals surface area contributed by atoms with Gasteiger partial charge < -0.3 is 20.1 Å². The van der Waals surface area contributed by atoms with Gasteiger partial charge in [-0.2, -0.15) is 0 Å². The number of pyridine rings is 1. The number of carbonyl (C=O) groups excluding carboxylic acids is 2. The van der Waals surface area contributed by atoms with Crippen molar-refractivity contribution in [2.75, 3.05) is 45.8 Å². The Bertz CT molecular complexity index is 552. The maximum atomic E-state index is 12.0. The molecule has 23 heavy (non-hydrogen) atoms. The number of rotatable bonds is 6. The van der Waals surface area contributed by atoms with Crippen molar-refractivity contribution in [3.05, 3.63) is 18.3 Å². The quantitative estimate of drug-likeness (QED) is 0.709. The van der Waals surface area contributed by atoms with Gasteiger partial charge in [-0.25, -0.2) is 4.98 Å². The van der Waals surface area contributed by atoms with Gasteiger partial charge in [-0.15, -0.1) is 0 Å². The van der Waals surface area contributed by atoms with Crippen LogP contribution in [0.1, 0.15) is 6.42 Å². The summed E-state index contributed by atoms with van der Waals surface area (Å²) in [6.45, 7) is 3.08. The summed E-state index contributed by atoms with van der Waals surface area (Å²) < 4.78 is 10.1. The van der Waals surface area contributed by atoms with E-state index in [0.29, 0.717) is 12.3 Å². The molecule has 1 fully saturated rings. The Morgan fingerprint density at radius 1 is 1.39 bits per heavy atom. The Hall–Kier alpha value is -2.19. The number of nitrogens with one attached hydrogen (secondary N) is 2.